The van der Waals surface area contributed by atoms with Crippen LogP contribution >= 0.6 is 11.8 Å². The predicted octanol–water partition coefficient (Wildman–Crippen LogP) is 2.62. The third kappa shape index (κ3) is 5.13. The van der Waals surface area contributed by atoms with Gasteiger partial charge in [0.2, 0.25) is 11.8 Å². The first-order chi connectivity index (χ1) is 13.3. The standard InChI is InChI=1S/C20H27N5O2S/c1-12-4-5-16(10-13(12)2)14(3)22-18(27)11-28-20-24-23-19(15-6-7-15)25(20)9-8-17(21)26/h4-5,10,14-15H,6-9,11H2,1-3H3,(H2,21,26)(H,22,27). The van der Waals surface area contributed by atoms with Crippen LogP contribution in [0.2, 0.25) is 0 Å². The summed E-state index contributed by atoms with van der Waals surface area (Å²) in [6.07, 6.45) is 2.42. The number of carbonyl (C=O) groups is 2. The van der Waals surface area contributed by atoms with E-state index in [0.29, 0.717) is 17.6 Å². The van der Waals surface area contributed by atoms with Gasteiger partial charge in [-0.25, -0.2) is 0 Å². The van der Waals surface area contributed by atoms with E-state index in [0.717, 1.165) is 24.2 Å². The molecule has 0 bridgehead atoms. The molecule has 1 unspecified atom stereocenters. The van der Waals surface area contributed by atoms with Gasteiger partial charge >= 0.3 is 0 Å². The van der Waals surface area contributed by atoms with Crippen LogP contribution in [0.25, 0.3) is 0 Å². The fourth-order valence-corrected chi connectivity index (χ4v) is 3.80. The third-order valence-electron chi connectivity index (χ3n) is 5.01. The lowest BCUT2D eigenvalue weighted by Gasteiger charge is -2.15. The Hall–Kier alpha value is -2.35. The molecule has 0 radical (unpaired) electrons. The molecule has 1 aliphatic carbocycles. The van der Waals surface area contributed by atoms with Crippen LogP contribution in [0.15, 0.2) is 23.4 Å². The van der Waals surface area contributed by atoms with E-state index in [4.69, 9.17) is 5.73 Å². The molecule has 1 fully saturated rings. The van der Waals surface area contributed by atoms with Crippen LogP contribution in [0.3, 0.4) is 0 Å². The maximum atomic E-state index is 12.4. The number of thioether (sulfide) groups is 1. The minimum atomic E-state index is -0.355. The monoisotopic (exact) mass is 401 g/mol. The Morgan fingerprint density at radius 2 is 2.04 bits per heavy atom. The van der Waals surface area contributed by atoms with Gasteiger partial charge in [0.25, 0.3) is 0 Å². The van der Waals surface area contributed by atoms with Crippen molar-refractivity contribution in [2.45, 2.75) is 63.7 Å². The Bertz CT molecular complexity index is 875. The smallest absolute Gasteiger partial charge is 0.230 e. The number of nitrogens with two attached hydrogens (primary N) is 1. The molecule has 0 saturated heterocycles. The molecule has 1 atom stereocenters. The van der Waals surface area contributed by atoms with Gasteiger partial charge < -0.3 is 15.6 Å². The summed E-state index contributed by atoms with van der Waals surface area (Å²) in [6.45, 7) is 6.58. The van der Waals surface area contributed by atoms with Gasteiger partial charge in [0.1, 0.15) is 5.82 Å². The van der Waals surface area contributed by atoms with Crippen molar-refractivity contribution in [2.24, 2.45) is 5.73 Å². The van der Waals surface area contributed by atoms with Crippen LogP contribution in [0, 0.1) is 13.8 Å². The number of primary amides is 1. The molecule has 0 spiro atoms. The van der Waals surface area contributed by atoms with E-state index in [2.05, 4.69) is 41.5 Å². The zero-order valence-corrected chi connectivity index (χ0v) is 17.4. The molecule has 7 nitrogen and oxygen atoms in total. The average molecular weight is 402 g/mol. The van der Waals surface area contributed by atoms with E-state index < -0.39 is 0 Å². The van der Waals surface area contributed by atoms with Crippen LogP contribution in [0.5, 0.6) is 0 Å². The second-order valence-corrected chi connectivity index (χ2v) is 8.35. The molecule has 8 heteroatoms. The molecule has 150 valence electrons. The molecule has 1 aliphatic rings. The highest BCUT2D eigenvalue weighted by molar-refractivity contribution is 7.99. The second kappa shape index (κ2) is 8.77. The van der Waals surface area contributed by atoms with Gasteiger partial charge in [-0.05, 0) is 50.3 Å². The predicted molar refractivity (Wildman–Crippen MR) is 109 cm³/mol. The number of hydrogen-bond acceptors (Lipinski definition) is 5. The van der Waals surface area contributed by atoms with Crippen LogP contribution in [-0.2, 0) is 16.1 Å². The summed E-state index contributed by atoms with van der Waals surface area (Å²) < 4.78 is 1.94. The first-order valence-electron chi connectivity index (χ1n) is 9.56. The first-order valence-corrected chi connectivity index (χ1v) is 10.5. The molecule has 3 N–H and O–H groups in total. The van der Waals surface area contributed by atoms with Crippen LogP contribution in [0.4, 0.5) is 0 Å². The van der Waals surface area contributed by atoms with E-state index in [9.17, 15) is 9.59 Å². The molecule has 1 saturated carbocycles. The highest BCUT2D eigenvalue weighted by Crippen LogP contribution is 2.40. The van der Waals surface area contributed by atoms with Crippen molar-refractivity contribution in [3.63, 3.8) is 0 Å². The number of nitrogens with zero attached hydrogens (tertiary/aromatic N) is 3. The zero-order chi connectivity index (χ0) is 20.3. The Kier molecular flexibility index (Phi) is 6.39. The Balaban J connectivity index is 1.59. The van der Waals surface area contributed by atoms with Crippen LogP contribution in [-0.4, -0.2) is 32.3 Å². The highest BCUT2D eigenvalue weighted by Gasteiger charge is 2.30. The fraction of sp³-hybridized carbons (Fsp3) is 0.500. The van der Waals surface area contributed by atoms with Gasteiger partial charge in [-0.15, -0.1) is 10.2 Å². The van der Waals surface area contributed by atoms with Crippen molar-refractivity contribution in [1.82, 2.24) is 20.1 Å². The van der Waals surface area contributed by atoms with Gasteiger partial charge in [-0.1, -0.05) is 30.0 Å². The highest BCUT2D eigenvalue weighted by atomic mass is 32.2. The maximum Gasteiger partial charge on any atom is 0.230 e. The molecular formula is C20H27N5O2S. The van der Waals surface area contributed by atoms with E-state index >= 15 is 0 Å². The minimum Gasteiger partial charge on any atom is -0.370 e. The Labute approximate surface area is 169 Å². The molecule has 1 aromatic heterocycles. The zero-order valence-electron chi connectivity index (χ0n) is 16.6. The van der Waals surface area contributed by atoms with Crippen molar-refractivity contribution in [1.29, 1.82) is 0 Å². The van der Waals surface area contributed by atoms with Crippen molar-refractivity contribution in [3.05, 3.63) is 40.7 Å². The molecule has 3 rings (SSSR count). The SMILES string of the molecule is Cc1ccc(C(C)NC(=O)CSc2nnc(C3CC3)n2CCC(N)=O)cc1C. The quantitative estimate of drug-likeness (QED) is 0.629. The summed E-state index contributed by atoms with van der Waals surface area (Å²) in [6, 6.07) is 6.16. The van der Waals surface area contributed by atoms with Gasteiger partial charge in [0, 0.05) is 18.9 Å². The van der Waals surface area contributed by atoms with Gasteiger partial charge in [0.15, 0.2) is 5.16 Å². The van der Waals surface area contributed by atoms with Crippen molar-refractivity contribution >= 4 is 23.6 Å². The van der Waals surface area contributed by atoms with Crippen LogP contribution < -0.4 is 11.1 Å². The van der Waals surface area contributed by atoms with Crippen molar-refractivity contribution < 1.29 is 9.59 Å². The lowest BCUT2D eigenvalue weighted by atomic mass is 10.0. The number of nitrogens with one attached hydrogen (secondary N) is 1. The van der Waals surface area contributed by atoms with E-state index in [1.54, 1.807) is 0 Å². The normalized spacial score (nSPS) is 14.7. The van der Waals surface area contributed by atoms with E-state index in [-0.39, 0.29) is 30.0 Å². The van der Waals surface area contributed by atoms with E-state index in [1.807, 2.05) is 17.6 Å². The molecule has 1 heterocycles. The summed E-state index contributed by atoms with van der Waals surface area (Å²) in [5.41, 5.74) is 8.82. The summed E-state index contributed by atoms with van der Waals surface area (Å²) in [5.74, 6) is 1.13. The maximum absolute atomic E-state index is 12.4. The number of amides is 2. The van der Waals surface area contributed by atoms with Gasteiger partial charge in [0.05, 0.1) is 11.8 Å². The Morgan fingerprint density at radius 1 is 1.29 bits per heavy atom. The molecule has 0 aliphatic heterocycles. The lowest BCUT2D eigenvalue weighted by Crippen LogP contribution is -2.28. The Morgan fingerprint density at radius 3 is 2.68 bits per heavy atom. The number of hydrogen-bond donors (Lipinski definition) is 2. The molecule has 2 aromatic rings. The summed E-state index contributed by atoms with van der Waals surface area (Å²) >= 11 is 1.34. The topological polar surface area (TPSA) is 103 Å². The molecule has 28 heavy (non-hydrogen) atoms. The number of aromatic nitrogens is 3. The number of benzene rings is 1. The van der Waals surface area contributed by atoms with Gasteiger partial charge in [-0.3, -0.25) is 9.59 Å². The van der Waals surface area contributed by atoms with Crippen molar-refractivity contribution in [3.8, 4) is 0 Å². The van der Waals surface area contributed by atoms with Crippen LogP contribution in [0.1, 0.15) is 60.7 Å². The molecular weight excluding hydrogens is 374 g/mol. The molecule has 1 aromatic carbocycles. The summed E-state index contributed by atoms with van der Waals surface area (Å²) in [5, 5.41) is 12.2. The van der Waals surface area contributed by atoms with Gasteiger partial charge in [-0.2, -0.15) is 0 Å². The average Bonchev–Trinajstić information content (AvgIpc) is 3.41. The minimum absolute atomic E-state index is 0.0619. The number of aryl methyl sites for hydroxylation is 2. The largest absolute Gasteiger partial charge is 0.370 e. The number of rotatable bonds is 9. The summed E-state index contributed by atoms with van der Waals surface area (Å²) in [4.78, 5) is 23.6. The first kappa shape index (κ1) is 20.4. The summed E-state index contributed by atoms with van der Waals surface area (Å²) in [7, 11) is 0. The fourth-order valence-electron chi connectivity index (χ4n) is 3.01. The van der Waals surface area contributed by atoms with Crippen molar-refractivity contribution in [2.75, 3.05) is 5.75 Å². The number of carbonyl (C=O) groups excluding carboxylic acids is 2. The van der Waals surface area contributed by atoms with E-state index in [1.165, 1.54) is 22.9 Å². The lowest BCUT2D eigenvalue weighted by molar-refractivity contribution is -0.119. The second-order valence-electron chi connectivity index (χ2n) is 7.40. The molecule has 2 amide bonds. The third-order valence-corrected chi connectivity index (χ3v) is 5.98.